The number of fused-ring (bicyclic) bond motifs is 1. The molecule has 5 heteroatoms. The molecule has 5 nitrogen and oxygen atoms in total. The second-order valence-electron chi connectivity index (χ2n) is 4.73. The zero-order valence-electron chi connectivity index (χ0n) is 11.9. The number of benzene rings is 2. The maximum Gasteiger partial charge on any atom is 0.274 e. The van der Waals surface area contributed by atoms with Gasteiger partial charge in [-0.05, 0) is 12.1 Å². The van der Waals surface area contributed by atoms with Gasteiger partial charge in [0, 0.05) is 17.7 Å². The minimum absolute atomic E-state index is 0.00791. The maximum atomic E-state index is 12.1. The molecule has 2 N–H and O–H groups in total. The van der Waals surface area contributed by atoms with E-state index in [1.165, 1.54) is 6.08 Å². The molecule has 0 spiro atoms. The molecule has 0 aliphatic heterocycles. The number of rotatable bonds is 3. The highest BCUT2D eigenvalue weighted by Crippen LogP contribution is 2.18. The van der Waals surface area contributed by atoms with Gasteiger partial charge in [0.25, 0.3) is 5.56 Å². The largest absolute Gasteiger partial charge is 0.507 e. The van der Waals surface area contributed by atoms with Crippen molar-refractivity contribution >= 4 is 22.9 Å². The summed E-state index contributed by atoms with van der Waals surface area (Å²) >= 11 is 0. The van der Waals surface area contributed by atoms with Crippen LogP contribution >= 0.6 is 0 Å². The molecular weight excluding hydrogens is 280 g/mol. The summed E-state index contributed by atoms with van der Waals surface area (Å²) in [6.07, 6.45) is 1.36. The van der Waals surface area contributed by atoms with Gasteiger partial charge in [-0.3, -0.25) is 4.79 Å². The third kappa shape index (κ3) is 2.69. The number of hydrogen-bond acceptors (Lipinski definition) is 4. The molecule has 0 unspecified atom stereocenters. The minimum atomic E-state index is -0.372. The van der Waals surface area contributed by atoms with Crippen molar-refractivity contribution in [3.63, 3.8) is 0 Å². The summed E-state index contributed by atoms with van der Waals surface area (Å²) in [5.74, 6) is 0.631. The van der Waals surface area contributed by atoms with Gasteiger partial charge in [0.15, 0.2) is 0 Å². The average Bonchev–Trinajstić information content (AvgIpc) is 2.56. The fourth-order valence-corrected chi connectivity index (χ4v) is 2.13. The molecule has 0 bridgehead atoms. The number of nitrogens with one attached hydrogen (secondary N) is 1. The Morgan fingerprint density at radius 3 is 2.73 bits per heavy atom. The van der Waals surface area contributed by atoms with Crippen LogP contribution in [0.4, 0.5) is 0 Å². The van der Waals surface area contributed by atoms with Gasteiger partial charge in [-0.1, -0.05) is 30.3 Å². The Bertz CT molecular complexity index is 899. The first-order chi connectivity index (χ1) is 10.7. The van der Waals surface area contributed by atoms with Gasteiger partial charge < -0.3 is 14.8 Å². The van der Waals surface area contributed by atoms with Gasteiger partial charge in [-0.25, -0.2) is 4.98 Å². The second-order valence-corrected chi connectivity index (χ2v) is 4.73. The number of nitrogens with zero attached hydrogens (tertiary/aromatic N) is 1. The van der Waals surface area contributed by atoms with Gasteiger partial charge in [-0.2, -0.15) is 0 Å². The highest BCUT2D eigenvalue weighted by Gasteiger charge is 2.06. The summed E-state index contributed by atoms with van der Waals surface area (Å²) in [4.78, 5) is 19.1. The highest BCUT2D eigenvalue weighted by atomic mass is 16.5. The molecule has 0 aliphatic rings. The van der Waals surface area contributed by atoms with Crippen LogP contribution in [0.3, 0.4) is 0 Å². The Morgan fingerprint density at radius 2 is 2.00 bits per heavy atom. The lowest BCUT2D eigenvalue weighted by molar-refractivity contribution is 0.415. The molecule has 0 saturated carbocycles. The lowest BCUT2D eigenvalue weighted by atomic mass is 10.1. The van der Waals surface area contributed by atoms with E-state index in [0.29, 0.717) is 22.3 Å². The van der Waals surface area contributed by atoms with Crippen LogP contribution in [-0.4, -0.2) is 22.2 Å². The van der Waals surface area contributed by atoms with E-state index in [0.717, 1.165) is 0 Å². The Labute approximate surface area is 126 Å². The monoisotopic (exact) mass is 294 g/mol. The topological polar surface area (TPSA) is 75.2 Å². The molecule has 0 fully saturated rings. The van der Waals surface area contributed by atoms with Crippen LogP contribution in [0.25, 0.3) is 22.9 Å². The number of ether oxygens (including phenoxy) is 1. The number of aromatic amines is 1. The van der Waals surface area contributed by atoms with Crippen LogP contribution in [0.15, 0.2) is 53.3 Å². The van der Waals surface area contributed by atoms with E-state index < -0.39 is 0 Å². The summed E-state index contributed by atoms with van der Waals surface area (Å²) in [5.41, 5.74) is 1.61. The summed E-state index contributed by atoms with van der Waals surface area (Å²) in [6.45, 7) is 0. The first-order valence-corrected chi connectivity index (χ1v) is 6.71. The zero-order valence-corrected chi connectivity index (χ0v) is 11.9. The molecule has 22 heavy (non-hydrogen) atoms. The van der Waals surface area contributed by atoms with Crippen LogP contribution in [-0.2, 0) is 0 Å². The minimum Gasteiger partial charge on any atom is -0.507 e. The van der Waals surface area contributed by atoms with Crippen molar-refractivity contribution in [2.24, 2.45) is 0 Å². The zero-order chi connectivity index (χ0) is 15.5. The van der Waals surface area contributed by atoms with Gasteiger partial charge in [0.1, 0.15) is 17.2 Å². The van der Waals surface area contributed by atoms with Crippen LogP contribution in [0.1, 0.15) is 11.3 Å². The van der Waals surface area contributed by atoms with E-state index in [1.807, 2.05) is 18.2 Å². The van der Waals surface area contributed by atoms with Gasteiger partial charge in [0.05, 0.1) is 18.1 Å². The molecule has 0 amide bonds. The number of H-pyrrole nitrogens is 1. The maximum absolute atomic E-state index is 12.1. The van der Waals surface area contributed by atoms with Crippen LogP contribution in [0.2, 0.25) is 0 Å². The van der Waals surface area contributed by atoms with Crippen molar-refractivity contribution in [1.82, 2.24) is 9.97 Å². The highest BCUT2D eigenvalue weighted by molar-refractivity contribution is 5.80. The van der Waals surface area contributed by atoms with Crippen molar-refractivity contribution in [2.45, 2.75) is 0 Å². The van der Waals surface area contributed by atoms with Crippen LogP contribution < -0.4 is 10.3 Å². The first kappa shape index (κ1) is 13.9. The molecular formula is C17H14N2O3. The fourth-order valence-electron chi connectivity index (χ4n) is 2.13. The molecule has 2 aromatic carbocycles. The van der Waals surface area contributed by atoms with E-state index in [9.17, 15) is 9.90 Å². The third-order valence-electron chi connectivity index (χ3n) is 3.27. The number of methoxy groups -OCH3 is 1. The lowest BCUT2D eigenvalue weighted by Gasteiger charge is -2.03. The lowest BCUT2D eigenvalue weighted by Crippen LogP contribution is -2.12. The standard InChI is InChI=1S/C17H14N2O3/c1-22-12-7-8-13-14(9-12)19-17(21)15(18-13)10-16(20)11-5-3-2-4-6-11/h2-10,20H,1H3,(H,19,21)/b16-10-. The number of hydrogen-bond donors (Lipinski definition) is 2. The van der Waals surface area contributed by atoms with E-state index >= 15 is 0 Å². The van der Waals surface area contributed by atoms with E-state index in [1.54, 1.807) is 37.4 Å². The molecule has 110 valence electrons. The third-order valence-corrected chi connectivity index (χ3v) is 3.27. The average molecular weight is 294 g/mol. The SMILES string of the molecule is COc1ccc2nc(/C=C(\O)c3ccccc3)c(=O)[nH]c2c1. The number of aromatic nitrogens is 2. The van der Waals surface area contributed by atoms with Crippen LogP contribution in [0.5, 0.6) is 5.75 Å². The Hall–Kier alpha value is -3.08. The molecule has 3 aromatic rings. The molecule has 0 atom stereocenters. The normalized spacial score (nSPS) is 11.6. The summed E-state index contributed by atoms with van der Waals surface area (Å²) in [6, 6.07) is 14.2. The van der Waals surface area contributed by atoms with Crippen molar-refractivity contribution in [1.29, 1.82) is 0 Å². The molecule has 0 aliphatic carbocycles. The van der Waals surface area contributed by atoms with Crippen molar-refractivity contribution in [3.8, 4) is 5.75 Å². The molecule has 0 radical (unpaired) electrons. The summed E-state index contributed by atoms with van der Waals surface area (Å²) in [7, 11) is 1.56. The predicted octanol–water partition coefficient (Wildman–Crippen LogP) is 2.99. The van der Waals surface area contributed by atoms with Gasteiger partial charge in [-0.15, -0.1) is 0 Å². The van der Waals surface area contributed by atoms with E-state index in [4.69, 9.17) is 4.74 Å². The van der Waals surface area contributed by atoms with Gasteiger partial charge >= 0.3 is 0 Å². The second kappa shape index (κ2) is 5.73. The Morgan fingerprint density at radius 1 is 1.23 bits per heavy atom. The van der Waals surface area contributed by atoms with Crippen LogP contribution in [0, 0.1) is 0 Å². The molecule has 3 rings (SSSR count). The van der Waals surface area contributed by atoms with E-state index in [2.05, 4.69) is 9.97 Å². The smallest absolute Gasteiger partial charge is 0.274 e. The Balaban J connectivity index is 2.08. The molecule has 1 heterocycles. The number of aliphatic hydroxyl groups excluding tert-OH is 1. The van der Waals surface area contributed by atoms with Crippen molar-refractivity contribution in [2.75, 3.05) is 7.11 Å². The van der Waals surface area contributed by atoms with Crippen molar-refractivity contribution < 1.29 is 9.84 Å². The van der Waals surface area contributed by atoms with Gasteiger partial charge in [0.2, 0.25) is 0 Å². The summed E-state index contributed by atoms with van der Waals surface area (Å²) < 4.78 is 5.11. The summed E-state index contributed by atoms with van der Waals surface area (Å²) in [5, 5.41) is 10.1. The number of aliphatic hydroxyl groups is 1. The fraction of sp³-hybridized carbons (Fsp3) is 0.0588. The molecule has 0 saturated heterocycles. The quantitative estimate of drug-likeness (QED) is 0.728. The Kier molecular flexibility index (Phi) is 3.62. The van der Waals surface area contributed by atoms with E-state index in [-0.39, 0.29) is 17.0 Å². The van der Waals surface area contributed by atoms with Crippen molar-refractivity contribution in [3.05, 3.63) is 70.1 Å². The predicted molar refractivity (Wildman–Crippen MR) is 85.9 cm³/mol. The molecule has 1 aromatic heterocycles. The first-order valence-electron chi connectivity index (χ1n) is 6.71.